The number of benzene rings is 1. The summed E-state index contributed by atoms with van der Waals surface area (Å²) in [6.45, 7) is 2.30. The van der Waals surface area contributed by atoms with E-state index in [0.717, 1.165) is 11.6 Å². The van der Waals surface area contributed by atoms with Gasteiger partial charge >= 0.3 is 5.97 Å². The smallest absolute Gasteiger partial charge is 0.335 e. The SMILES string of the molecule is CC1CCC(N(C)c2ccc(C(=O)O)cc2N)CC1. The molecule has 0 bridgehead atoms. The molecule has 2 rings (SSSR count). The van der Waals surface area contributed by atoms with Crippen molar-refractivity contribution < 1.29 is 9.90 Å². The highest BCUT2D eigenvalue weighted by Gasteiger charge is 2.23. The minimum absolute atomic E-state index is 0.243. The number of carbonyl (C=O) groups is 1. The van der Waals surface area contributed by atoms with E-state index in [-0.39, 0.29) is 5.56 Å². The predicted molar refractivity (Wildman–Crippen MR) is 77.6 cm³/mol. The molecule has 1 aliphatic rings. The van der Waals surface area contributed by atoms with Crippen molar-refractivity contribution in [1.82, 2.24) is 0 Å². The number of nitrogens with zero attached hydrogens (tertiary/aromatic N) is 1. The molecule has 0 atom stereocenters. The second kappa shape index (κ2) is 5.51. The molecule has 4 heteroatoms. The number of nitrogens with two attached hydrogens (primary N) is 1. The maximum absolute atomic E-state index is 10.9. The second-order valence-electron chi connectivity index (χ2n) is 5.60. The van der Waals surface area contributed by atoms with Crippen molar-refractivity contribution in [3.63, 3.8) is 0 Å². The van der Waals surface area contributed by atoms with Crippen molar-refractivity contribution in [1.29, 1.82) is 0 Å². The Morgan fingerprint density at radius 1 is 1.32 bits per heavy atom. The van der Waals surface area contributed by atoms with Crippen molar-refractivity contribution in [2.75, 3.05) is 17.7 Å². The third kappa shape index (κ3) is 3.00. The molecular weight excluding hydrogens is 240 g/mol. The molecule has 0 radical (unpaired) electrons. The van der Waals surface area contributed by atoms with Crippen LogP contribution in [0.15, 0.2) is 18.2 Å². The van der Waals surface area contributed by atoms with Crippen LogP contribution in [0.2, 0.25) is 0 Å². The topological polar surface area (TPSA) is 66.6 Å². The molecule has 1 aromatic rings. The quantitative estimate of drug-likeness (QED) is 0.822. The third-order valence-corrected chi connectivity index (χ3v) is 4.19. The maximum atomic E-state index is 10.9. The Hall–Kier alpha value is -1.71. The number of carboxylic acids is 1. The molecule has 3 N–H and O–H groups in total. The lowest BCUT2D eigenvalue weighted by atomic mass is 9.86. The Balaban J connectivity index is 2.15. The van der Waals surface area contributed by atoms with Gasteiger partial charge in [-0.25, -0.2) is 4.79 Å². The molecule has 0 heterocycles. The van der Waals surface area contributed by atoms with Gasteiger partial charge in [-0.2, -0.15) is 0 Å². The van der Waals surface area contributed by atoms with Crippen molar-refractivity contribution in [2.24, 2.45) is 5.92 Å². The number of aromatic carboxylic acids is 1. The van der Waals surface area contributed by atoms with E-state index >= 15 is 0 Å². The minimum atomic E-state index is -0.938. The zero-order chi connectivity index (χ0) is 14.0. The summed E-state index contributed by atoms with van der Waals surface area (Å²) < 4.78 is 0. The standard InChI is InChI=1S/C15H22N2O2/c1-10-3-6-12(7-4-10)17(2)14-8-5-11(15(18)19)9-13(14)16/h5,8-10,12H,3-4,6-7,16H2,1-2H3,(H,18,19). The molecule has 1 saturated carbocycles. The van der Waals surface area contributed by atoms with Gasteiger partial charge in [-0.3, -0.25) is 0 Å². The van der Waals surface area contributed by atoms with Gasteiger partial charge in [0.2, 0.25) is 0 Å². The van der Waals surface area contributed by atoms with Crippen molar-refractivity contribution >= 4 is 17.3 Å². The molecule has 4 nitrogen and oxygen atoms in total. The lowest BCUT2D eigenvalue weighted by Crippen LogP contribution is -2.35. The highest BCUT2D eigenvalue weighted by atomic mass is 16.4. The Morgan fingerprint density at radius 3 is 2.47 bits per heavy atom. The number of carboxylic acid groups (broad SMARTS) is 1. The van der Waals surface area contributed by atoms with Crippen molar-refractivity contribution in [3.8, 4) is 0 Å². The summed E-state index contributed by atoms with van der Waals surface area (Å²) in [5.74, 6) is -0.122. The first-order valence-corrected chi connectivity index (χ1v) is 6.84. The first-order valence-electron chi connectivity index (χ1n) is 6.84. The zero-order valence-electron chi connectivity index (χ0n) is 11.6. The molecule has 1 aliphatic carbocycles. The fourth-order valence-corrected chi connectivity index (χ4v) is 2.84. The molecule has 19 heavy (non-hydrogen) atoms. The normalized spacial score (nSPS) is 23.1. The summed E-state index contributed by atoms with van der Waals surface area (Å²) in [7, 11) is 2.05. The van der Waals surface area contributed by atoms with Gasteiger partial charge in [0.1, 0.15) is 0 Å². The molecule has 0 spiro atoms. The van der Waals surface area contributed by atoms with E-state index in [1.165, 1.54) is 25.7 Å². The molecule has 1 aromatic carbocycles. The first-order chi connectivity index (χ1) is 8.99. The van der Waals surface area contributed by atoms with Crippen LogP contribution in [-0.2, 0) is 0 Å². The van der Waals surface area contributed by atoms with Crippen LogP contribution in [-0.4, -0.2) is 24.2 Å². The van der Waals surface area contributed by atoms with E-state index in [1.807, 2.05) is 13.1 Å². The van der Waals surface area contributed by atoms with Crippen LogP contribution in [0.4, 0.5) is 11.4 Å². The number of nitrogen functional groups attached to an aromatic ring is 1. The Morgan fingerprint density at radius 2 is 1.95 bits per heavy atom. The molecule has 104 valence electrons. The third-order valence-electron chi connectivity index (χ3n) is 4.19. The monoisotopic (exact) mass is 262 g/mol. The molecule has 0 unspecified atom stereocenters. The summed E-state index contributed by atoms with van der Waals surface area (Å²) in [6, 6.07) is 5.49. The number of hydrogen-bond acceptors (Lipinski definition) is 3. The Kier molecular flexibility index (Phi) is 3.98. The summed E-state index contributed by atoms with van der Waals surface area (Å²) in [5.41, 5.74) is 7.71. The van der Waals surface area contributed by atoms with Crippen LogP contribution >= 0.6 is 0 Å². The van der Waals surface area contributed by atoms with Crippen LogP contribution in [0.25, 0.3) is 0 Å². The van der Waals surface area contributed by atoms with Crippen LogP contribution in [0, 0.1) is 5.92 Å². The lowest BCUT2D eigenvalue weighted by Gasteiger charge is -2.35. The van der Waals surface area contributed by atoms with Crippen LogP contribution < -0.4 is 10.6 Å². The van der Waals surface area contributed by atoms with Gasteiger partial charge in [0.05, 0.1) is 16.9 Å². The highest BCUT2D eigenvalue weighted by molar-refractivity contribution is 5.90. The highest BCUT2D eigenvalue weighted by Crippen LogP contribution is 2.32. The summed E-state index contributed by atoms with van der Waals surface area (Å²) >= 11 is 0. The van der Waals surface area contributed by atoms with Crippen LogP contribution in [0.3, 0.4) is 0 Å². The number of hydrogen-bond donors (Lipinski definition) is 2. The van der Waals surface area contributed by atoms with E-state index in [0.29, 0.717) is 11.7 Å². The van der Waals surface area contributed by atoms with Gasteiger partial charge in [-0.05, 0) is 49.8 Å². The van der Waals surface area contributed by atoms with E-state index < -0.39 is 5.97 Å². The number of anilines is 2. The van der Waals surface area contributed by atoms with Gasteiger partial charge in [-0.1, -0.05) is 6.92 Å². The molecule has 0 aliphatic heterocycles. The molecular formula is C15H22N2O2. The van der Waals surface area contributed by atoms with Gasteiger partial charge in [0, 0.05) is 13.1 Å². The average molecular weight is 262 g/mol. The zero-order valence-corrected chi connectivity index (χ0v) is 11.6. The second-order valence-corrected chi connectivity index (χ2v) is 5.60. The molecule has 0 saturated heterocycles. The summed E-state index contributed by atoms with van der Waals surface area (Å²) in [5, 5.41) is 8.95. The van der Waals surface area contributed by atoms with Crippen molar-refractivity contribution in [2.45, 2.75) is 38.6 Å². The number of rotatable bonds is 3. The van der Waals surface area contributed by atoms with E-state index in [9.17, 15) is 4.79 Å². The van der Waals surface area contributed by atoms with Crippen LogP contribution in [0.5, 0.6) is 0 Å². The fraction of sp³-hybridized carbons (Fsp3) is 0.533. The van der Waals surface area contributed by atoms with Crippen molar-refractivity contribution in [3.05, 3.63) is 23.8 Å². The van der Waals surface area contributed by atoms with Gasteiger partial charge in [-0.15, -0.1) is 0 Å². The summed E-state index contributed by atoms with van der Waals surface area (Å²) in [6.07, 6.45) is 4.86. The van der Waals surface area contributed by atoms with Gasteiger partial charge in [0.25, 0.3) is 0 Å². The van der Waals surface area contributed by atoms with Crippen LogP contribution in [0.1, 0.15) is 43.0 Å². The maximum Gasteiger partial charge on any atom is 0.335 e. The fourth-order valence-electron chi connectivity index (χ4n) is 2.84. The Labute approximate surface area is 114 Å². The summed E-state index contributed by atoms with van der Waals surface area (Å²) in [4.78, 5) is 13.1. The molecule has 1 fully saturated rings. The van der Waals surface area contributed by atoms with E-state index in [1.54, 1.807) is 12.1 Å². The minimum Gasteiger partial charge on any atom is -0.478 e. The lowest BCUT2D eigenvalue weighted by molar-refractivity contribution is 0.0697. The van der Waals surface area contributed by atoms with Gasteiger partial charge in [0.15, 0.2) is 0 Å². The first kappa shape index (κ1) is 13.7. The largest absolute Gasteiger partial charge is 0.478 e. The van der Waals surface area contributed by atoms with E-state index in [4.69, 9.17) is 10.8 Å². The molecule has 0 amide bonds. The predicted octanol–water partition coefficient (Wildman–Crippen LogP) is 2.98. The Bertz CT molecular complexity index is 465. The average Bonchev–Trinajstić information content (AvgIpc) is 2.38. The molecule has 0 aromatic heterocycles. The van der Waals surface area contributed by atoms with Gasteiger partial charge < -0.3 is 15.7 Å². The van der Waals surface area contributed by atoms with E-state index in [2.05, 4.69) is 11.8 Å².